The maximum atomic E-state index is 12.6. The van der Waals surface area contributed by atoms with E-state index in [4.69, 9.17) is 19.5 Å². The Kier molecular flexibility index (Phi) is 7.84. The molecule has 7 nitrogen and oxygen atoms in total. The van der Waals surface area contributed by atoms with E-state index in [0.29, 0.717) is 34.0 Å². The Morgan fingerprint density at radius 3 is 2.38 bits per heavy atom. The van der Waals surface area contributed by atoms with E-state index in [-0.39, 0.29) is 13.2 Å². The molecule has 3 rings (SSSR count). The van der Waals surface area contributed by atoms with Gasteiger partial charge in [0, 0.05) is 10.9 Å². The van der Waals surface area contributed by atoms with E-state index in [1.807, 2.05) is 12.1 Å². The third-order valence-electron chi connectivity index (χ3n) is 4.50. The van der Waals surface area contributed by atoms with Crippen molar-refractivity contribution < 1.29 is 23.8 Å². The average Bonchev–Trinajstić information content (AvgIpc) is 3.22. The van der Waals surface area contributed by atoms with Crippen LogP contribution in [0.3, 0.4) is 0 Å². The SMILES string of the molecule is CCOC(=O)c1c(-c2ccc(OC)cc2)csc1NC(=O)COc1ccc(CC#N)cc1. The van der Waals surface area contributed by atoms with Crippen LogP contribution in [0.1, 0.15) is 22.8 Å². The van der Waals surface area contributed by atoms with Crippen LogP contribution in [0.5, 0.6) is 11.5 Å². The Labute approximate surface area is 190 Å². The van der Waals surface area contributed by atoms with E-state index in [1.165, 1.54) is 11.3 Å². The van der Waals surface area contributed by atoms with Crippen molar-refractivity contribution in [1.29, 1.82) is 5.26 Å². The molecule has 2 aromatic carbocycles. The number of carbonyl (C=O) groups is 2. The lowest BCUT2D eigenvalue weighted by Gasteiger charge is -2.10. The number of thiophene rings is 1. The highest BCUT2D eigenvalue weighted by Gasteiger charge is 2.23. The first-order valence-electron chi connectivity index (χ1n) is 9.87. The second-order valence-electron chi connectivity index (χ2n) is 6.62. The fourth-order valence-corrected chi connectivity index (χ4v) is 3.92. The molecule has 1 aromatic heterocycles. The monoisotopic (exact) mass is 450 g/mol. The predicted octanol–water partition coefficient (Wildman–Crippen LogP) is 4.68. The number of hydrogen-bond donors (Lipinski definition) is 1. The molecule has 3 aromatic rings. The van der Waals surface area contributed by atoms with E-state index in [2.05, 4.69) is 11.4 Å². The topological polar surface area (TPSA) is 97.7 Å². The van der Waals surface area contributed by atoms with Gasteiger partial charge < -0.3 is 19.5 Å². The summed E-state index contributed by atoms with van der Waals surface area (Å²) in [6.07, 6.45) is 0.312. The quantitative estimate of drug-likeness (QED) is 0.475. The first-order chi connectivity index (χ1) is 15.5. The fraction of sp³-hybridized carbons (Fsp3) is 0.208. The minimum atomic E-state index is -0.510. The predicted molar refractivity (Wildman–Crippen MR) is 122 cm³/mol. The minimum absolute atomic E-state index is 0.217. The van der Waals surface area contributed by atoms with E-state index in [1.54, 1.807) is 55.8 Å². The molecule has 0 radical (unpaired) electrons. The van der Waals surface area contributed by atoms with Gasteiger partial charge in [0.1, 0.15) is 22.1 Å². The molecule has 1 N–H and O–H groups in total. The summed E-state index contributed by atoms with van der Waals surface area (Å²) in [6, 6.07) is 16.3. The third kappa shape index (κ3) is 5.65. The van der Waals surface area contributed by atoms with Crippen molar-refractivity contribution in [2.24, 2.45) is 0 Å². The Balaban J connectivity index is 1.74. The molecule has 0 unspecified atom stereocenters. The fourth-order valence-electron chi connectivity index (χ4n) is 2.95. The van der Waals surface area contributed by atoms with Gasteiger partial charge in [0.25, 0.3) is 5.91 Å². The lowest BCUT2D eigenvalue weighted by molar-refractivity contribution is -0.118. The van der Waals surface area contributed by atoms with Crippen molar-refractivity contribution in [1.82, 2.24) is 0 Å². The summed E-state index contributed by atoms with van der Waals surface area (Å²) in [7, 11) is 1.58. The van der Waals surface area contributed by atoms with Crippen LogP contribution in [-0.2, 0) is 16.0 Å². The number of amides is 1. The number of methoxy groups -OCH3 is 1. The van der Waals surface area contributed by atoms with E-state index < -0.39 is 11.9 Å². The smallest absolute Gasteiger partial charge is 0.341 e. The Morgan fingerprint density at radius 1 is 1.06 bits per heavy atom. The van der Waals surface area contributed by atoms with Gasteiger partial charge in [0.15, 0.2) is 6.61 Å². The summed E-state index contributed by atoms with van der Waals surface area (Å²) in [6.45, 7) is 1.72. The Bertz CT molecular complexity index is 1110. The highest BCUT2D eigenvalue weighted by Crippen LogP contribution is 2.36. The number of nitrogens with one attached hydrogen (secondary N) is 1. The summed E-state index contributed by atoms with van der Waals surface area (Å²) in [5, 5.41) is 13.7. The number of benzene rings is 2. The van der Waals surface area contributed by atoms with Crippen molar-refractivity contribution in [3.8, 4) is 28.7 Å². The third-order valence-corrected chi connectivity index (χ3v) is 5.40. The van der Waals surface area contributed by atoms with Crippen LogP contribution in [0.25, 0.3) is 11.1 Å². The van der Waals surface area contributed by atoms with Crippen LogP contribution in [-0.4, -0.2) is 32.2 Å². The van der Waals surface area contributed by atoms with Gasteiger partial charge in [-0.15, -0.1) is 11.3 Å². The number of anilines is 1. The number of carbonyl (C=O) groups excluding carboxylic acids is 2. The molecular formula is C24H22N2O5S. The summed E-state index contributed by atoms with van der Waals surface area (Å²) in [5.41, 5.74) is 2.64. The van der Waals surface area contributed by atoms with Crippen molar-refractivity contribution >= 4 is 28.2 Å². The van der Waals surface area contributed by atoms with Crippen molar-refractivity contribution in [3.05, 3.63) is 65.0 Å². The first kappa shape index (κ1) is 22.8. The van der Waals surface area contributed by atoms with Crippen molar-refractivity contribution in [2.45, 2.75) is 13.3 Å². The summed E-state index contributed by atoms with van der Waals surface area (Å²) < 4.78 is 15.9. The molecule has 0 atom stereocenters. The normalized spacial score (nSPS) is 10.2. The Morgan fingerprint density at radius 2 is 1.75 bits per heavy atom. The molecule has 0 aliphatic carbocycles. The number of hydrogen-bond acceptors (Lipinski definition) is 7. The molecule has 164 valence electrons. The van der Waals surface area contributed by atoms with Crippen LogP contribution in [0.4, 0.5) is 5.00 Å². The average molecular weight is 451 g/mol. The number of nitriles is 1. The molecule has 0 aliphatic rings. The van der Waals surface area contributed by atoms with Crippen LogP contribution in [0.15, 0.2) is 53.9 Å². The van der Waals surface area contributed by atoms with E-state index >= 15 is 0 Å². The van der Waals surface area contributed by atoms with Crippen LogP contribution >= 0.6 is 11.3 Å². The molecule has 1 heterocycles. The highest BCUT2D eigenvalue weighted by atomic mass is 32.1. The standard InChI is InChI=1S/C24H22N2O5S/c1-3-30-24(28)22-20(17-6-10-18(29-2)11-7-17)15-32-23(22)26-21(27)14-31-19-8-4-16(5-9-19)12-13-25/h4-11,15H,3,12,14H2,1-2H3,(H,26,27). The lowest BCUT2D eigenvalue weighted by Crippen LogP contribution is -2.21. The zero-order valence-corrected chi connectivity index (χ0v) is 18.5. The largest absolute Gasteiger partial charge is 0.497 e. The molecule has 0 saturated heterocycles. The lowest BCUT2D eigenvalue weighted by atomic mass is 10.0. The van der Waals surface area contributed by atoms with E-state index in [9.17, 15) is 9.59 Å². The molecule has 1 amide bonds. The number of rotatable bonds is 9. The molecule has 0 fully saturated rings. The molecule has 0 saturated carbocycles. The first-order valence-corrected chi connectivity index (χ1v) is 10.7. The van der Waals surface area contributed by atoms with Crippen LogP contribution < -0.4 is 14.8 Å². The van der Waals surface area contributed by atoms with Gasteiger partial charge in [-0.25, -0.2) is 4.79 Å². The summed E-state index contributed by atoms with van der Waals surface area (Å²) in [4.78, 5) is 25.1. The second kappa shape index (κ2) is 11.0. The maximum Gasteiger partial charge on any atom is 0.341 e. The number of esters is 1. The van der Waals surface area contributed by atoms with Gasteiger partial charge in [-0.1, -0.05) is 24.3 Å². The molecular weight excluding hydrogens is 428 g/mol. The molecule has 0 aliphatic heterocycles. The molecule has 8 heteroatoms. The second-order valence-corrected chi connectivity index (χ2v) is 7.50. The van der Waals surface area contributed by atoms with Gasteiger partial charge in [0.05, 0.1) is 26.2 Å². The van der Waals surface area contributed by atoms with Gasteiger partial charge >= 0.3 is 5.97 Å². The molecule has 32 heavy (non-hydrogen) atoms. The summed E-state index contributed by atoms with van der Waals surface area (Å²) >= 11 is 1.24. The Hall–Kier alpha value is -3.83. The zero-order chi connectivity index (χ0) is 22.9. The minimum Gasteiger partial charge on any atom is -0.497 e. The van der Waals surface area contributed by atoms with Crippen LogP contribution in [0, 0.1) is 11.3 Å². The van der Waals surface area contributed by atoms with Gasteiger partial charge in [0.2, 0.25) is 0 Å². The van der Waals surface area contributed by atoms with Crippen molar-refractivity contribution in [3.63, 3.8) is 0 Å². The highest BCUT2D eigenvalue weighted by molar-refractivity contribution is 7.15. The van der Waals surface area contributed by atoms with E-state index in [0.717, 1.165) is 11.1 Å². The zero-order valence-electron chi connectivity index (χ0n) is 17.7. The van der Waals surface area contributed by atoms with Crippen molar-refractivity contribution in [2.75, 3.05) is 25.6 Å². The summed E-state index contributed by atoms with van der Waals surface area (Å²) in [5.74, 6) is 0.300. The molecule has 0 bridgehead atoms. The van der Waals surface area contributed by atoms with Gasteiger partial charge in [-0.3, -0.25) is 4.79 Å². The van der Waals surface area contributed by atoms with Gasteiger partial charge in [-0.05, 0) is 42.3 Å². The van der Waals surface area contributed by atoms with Crippen LogP contribution in [0.2, 0.25) is 0 Å². The number of ether oxygens (including phenoxy) is 3. The number of nitrogens with zero attached hydrogens (tertiary/aromatic N) is 1. The molecule has 0 spiro atoms. The maximum absolute atomic E-state index is 12.6. The van der Waals surface area contributed by atoms with Gasteiger partial charge in [-0.2, -0.15) is 5.26 Å².